The number of rotatable bonds is 5. The molecule has 0 heterocycles. The fraction of sp³-hybridized carbons (Fsp3) is 0.571. The average Bonchev–Trinajstić information content (AvgIpc) is 2.23. The molecule has 0 saturated heterocycles. The molecule has 0 aliphatic heterocycles. The lowest BCUT2D eigenvalue weighted by Gasteiger charge is -2.29. The van der Waals surface area contributed by atoms with Crippen LogP contribution in [0, 0.1) is 17.2 Å². The van der Waals surface area contributed by atoms with Gasteiger partial charge in [-0.25, -0.2) is 4.39 Å². The second kappa shape index (κ2) is 5.96. The number of nitrogens with one attached hydrogen (secondary N) is 1. The molecule has 1 rings (SSSR count). The minimum atomic E-state index is -0.212. The van der Waals surface area contributed by atoms with Gasteiger partial charge in [0.15, 0.2) is 0 Å². The summed E-state index contributed by atoms with van der Waals surface area (Å²) in [6.45, 7) is 10.7. The van der Waals surface area contributed by atoms with Gasteiger partial charge in [0.05, 0.1) is 4.47 Å². The van der Waals surface area contributed by atoms with Crippen molar-refractivity contribution in [1.82, 2.24) is 5.32 Å². The Balaban J connectivity index is 2.49. The van der Waals surface area contributed by atoms with Crippen molar-refractivity contribution >= 4 is 15.9 Å². The summed E-state index contributed by atoms with van der Waals surface area (Å²) in [7, 11) is 0. The molecule has 0 amide bonds. The molecule has 17 heavy (non-hydrogen) atoms. The molecule has 96 valence electrons. The Morgan fingerprint density at radius 1 is 1.35 bits per heavy atom. The number of benzene rings is 1. The van der Waals surface area contributed by atoms with Gasteiger partial charge in [-0.2, -0.15) is 0 Å². The topological polar surface area (TPSA) is 12.0 Å². The zero-order valence-electron chi connectivity index (χ0n) is 11.0. The van der Waals surface area contributed by atoms with E-state index < -0.39 is 0 Å². The first-order chi connectivity index (χ1) is 7.83. The van der Waals surface area contributed by atoms with Gasteiger partial charge in [0, 0.05) is 13.1 Å². The van der Waals surface area contributed by atoms with E-state index in [1.54, 1.807) is 0 Å². The summed E-state index contributed by atoms with van der Waals surface area (Å²) in [5, 5.41) is 3.43. The second-order valence-electron chi connectivity index (χ2n) is 5.50. The zero-order chi connectivity index (χ0) is 13.1. The number of hydrogen-bond donors (Lipinski definition) is 1. The van der Waals surface area contributed by atoms with Crippen LogP contribution in [-0.2, 0) is 6.54 Å². The molecule has 0 fully saturated rings. The van der Waals surface area contributed by atoms with Crippen LogP contribution in [0.15, 0.2) is 22.7 Å². The fourth-order valence-electron chi connectivity index (χ4n) is 1.38. The first-order valence-corrected chi connectivity index (χ1v) is 6.77. The first kappa shape index (κ1) is 14.7. The molecule has 0 spiro atoms. The van der Waals surface area contributed by atoms with Crippen molar-refractivity contribution in [2.24, 2.45) is 11.3 Å². The fourth-order valence-corrected chi connectivity index (χ4v) is 1.81. The maximum absolute atomic E-state index is 13.0. The Morgan fingerprint density at radius 2 is 2.00 bits per heavy atom. The standard InChI is InChI=1S/C14H21BrFN/c1-10(2)14(3,4)9-17-8-11-5-6-13(16)12(15)7-11/h5-7,10,17H,8-9H2,1-4H3. The van der Waals surface area contributed by atoms with Gasteiger partial charge >= 0.3 is 0 Å². The molecular formula is C14H21BrFN. The normalized spacial score (nSPS) is 12.2. The van der Waals surface area contributed by atoms with E-state index in [1.807, 2.05) is 12.1 Å². The van der Waals surface area contributed by atoms with Gasteiger partial charge in [-0.15, -0.1) is 0 Å². The van der Waals surface area contributed by atoms with Gasteiger partial charge < -0.3 is 5.32 Å². The summed E-state index contributed by atoms with van der Waals surface area (Å²) < 4.78 is 13.6. The largest absolute Gasteiger partial charge is 0.312 e. The summed E-state index contributed by atoms with van der Waals surface area (Å²) in [4.78, 5) is 0. The van der Waals surface area contributed by atoms with E-state index in [4.69, 9.17) is 0 Å². The van der Waals surface area contributed by atoms with Crippen LogP contribution >= 0.6 is 15.9 Å². The maximum atomic E-state index is 13.0. The van der Waals surface area contributed by atoms with Gasteiger partial charge in [0.1, 0.15) is 5.82 Å². The third-order valence-electron chi connectivity index (χ3n) is 3.46. The SMILES string of the molecule is CC(C)C(C)(C)CNCc1ccc(F)c(Br)c1. The van der Waals surface area contributed by atoms with Crippen molar-refractivity contribution in [2.45, 2.75) is 34.2 Å². The lowest BCUT2D eigenvalue weighted by Crippen LogP contribution is -2.33. The van der Waals surface area contributed by atoms with Crippen LogP contribution in [0.1, 0.15) is 33.3 Å². The molecule has 0 atom stereocenters. The van der Waals surface area contributed by atoms with Crippen LogP contribution in [-0.4, -0.2) is 6.54 Å². The molecule has 0 radical (unpaired) electrons. The van der Waals surface area contributed by atoms with Crippen molar-refractivity contribution in [1.29, 1.82) is 0 Å². The summed E-state index contributed by atoms with van der Waals surface area (Å²) in [5.41, 5.74) is 1.37. The molecule has 3 heteroatoms. The van der Waals surface area contributed by atoms with Gasteiger partial charge in [0.25, 0.3) is 0 Å². The van der Waals surface area contributed by atoms with E-state index >= 15 is 0 Å². The Labute approximate surface area is 112 Å². The van der Waals surface area contributed by atoms with E-state index in [2.05, 4.69) is 48.9 Å². The highest BCUT2D eigenvalue weighted by atomic mass is 79.9. The van der Waals surface area contributed by atoms with Crippen LogP contribution in [0.2, 0.25) is 0 Å². The van der Waals surface area contributed by atoms with Crippen LogP contribution < -0.4 is 5.32 Å². The Morgan fingerprint density at radius 3 is 2.53 bits per heavy atom. The van der Waals surface area contributed by atoms with Crippen molar-refractivity contribution in [3.05, 3.63) is 34.1 Å². The molecule has 0 bridgehead atoms. The summed E-state index contributed by atoms with van der Waals surface area (Å²) in [6, 6.07) is 5.13. The van der Waals surface area contributed by atoms with E-state index in [0.29, 0.717) is 10.4 Å². The Bertz CT molecular complexity index is 374. The van der Waals surface area contributed by atoms with E-state index in [-0.39, 0.29) is 11.2 Å². The highest BCUT2D eigenvalue weighted by molar-refractivity contribution is 9.10. The van der Waals surface area contributed by atoms with E-state index in [0.717, 1.165) is 18.7 Å². The quantitative estimate of drug-likeness (QED) is 0.852. The van der Waals surface area contributed by atoms with Gasteiger partial charge in [0.2, 0.25) is 0 Å². The molecular weight excluding hydrogens is 281 g/mol. The third kappa shape index (κ3) is 4.40. The minimum absolute atomic E-state index is 0.212. The zero-order valence-corrected chi connectivity index (χ0v) is 12.6. The lowest BCUT2D eigenvalue weighted by atomic mass is 9.81. The van der Waals surface area contributed by atoms with E-state index in [1.165, 1.54) is 6.07 Å². The minimum Gasteiger partial charge on any atom is -0.312 e. The Kier molecular flexibility index (Phi) is 5.14. The van der Waals surface area contributed by atoms with Crippen LogP contribution in [0.5, 0.6) is 0 Å². The van der Waals surface area contributed by atoms with Crippen molar-refractivity contribution < 1.29 is 4.39 Å². The molecule has 1 N–H and O–H groups in total. The number of hydrogen-bond acceptors (Lipinski definition) is 1. The third-order valence-corrected chi connectivity index (χ3v) is 4.06. The van der Waals surface area contributed by atoms with E-state index in [9.17, 15) is 4.39 Å². The predicted octanol–water partition coefficient (Wildman–Crippen LogP) is 4.36. The first-order valence-electron chi connectivity index (χ1n) is 5.97. The smallest absolute Gasteiger partial charge is 0.137 e. The summed E-state index contributed by atoms with van der Waals surface area (Å²) >= 11 is 3.20. The highest BCUT2D eigenvalue weighted by Gasteiger charge is 2.21. The summed E-state index contributed by atoms with van der Waals surface area (Å²) in [6.07, 6.45) is 0. The lowest BCUT2D eigenvalue weighted by molar-refractivity contribution is 0.238. The molecule has 0 aromatic heterocycles. The van der Waals surface area contributed by atoms with Gasteiger partial charge in [-0.1, -0.05) is 33.8 Å². The average molecular weight is 302 g/mol. The predicted molar refractivity (Wildman–Crippen MR) is 74.4 cm³/mol. The van der Waals surface area contributed by atoms with Crippen molar-refractivity contribution in [2.75, 3.05) is 6.54 Å². The highest BCUT2D eigenvalue weighted by Crippen LogP contribution is 2.25. The molecule has 1 nitrogen and oxygen atoms in total. The molecule has 1 aromatic carbocycles. The monoisotopic (exact) mass is 301 g/mol. The van der Waals surface area contributed by atoms with Crippen LogP contribution in [0.4, 0.5) is 4.39 Å². The molecule has 0 unspecified atom stereocenters. The molecule has 0 aliphatic rings. The molecule has 1 aromatic rings. The van der Waals surface area contributed by atoms with Crippen LogP contribution in [0.3, 0.4) is 0 Å². The van der Waals surface area contributed by atoms with Crippen molar-refractivity contribution in [3.63, 3.8) is 0 Å². The van der Waals surface area contributed by atoms with Crippen molar-refractivity contribution in [3.8, 4) is 0 Å². The van der Waals surface area contributed by atoms with Gasteiger partial charge in [-0.05, 0) is 45.0 Å². The van der Waals surface area contributed by atoms with Crippen LogP contribution in [0.25, 0.3) is 0 Å². The maximum Gasteiger partial charge on any atom is 0.137 e. The number of halogens is 2. The molecule has 0 aliphatic carbocycles. The molecule has 0 saturated carbocycles. The summed E-state index contributed by atoms with van der Waals surface area (Å²) in [5.74, 6) is 0.422. The second-order valence-corrected chi connectivity index (χ2v) is 6.35. The van der Waals surface area contributed by atoms with Gasteiger partial charge in [-0.3, -0.25) is 0 Å². The Hall–Kier alpha value is -0.410.